The maximum atomic E-state index is 14.7. The number of aromatic nitrogens is 2. The summed E-state index contributed by atoms with van der Waals surface area (Å²) in [7, 11) is 1.98. The van der Waals surface area contributed by atoms with E-state index in [9.17, 15) is 13.9 Å². The number of halogens is 2. The highest BCUT2D eigenvalue weighted by Crippen LogP contribution is 2.36. The van der Waals surface area contributed by atoms with E-state index >= 15 is 0 Å². The molecule has 2 unspecified atom stereocenters. The highest BCUT2D eigenvalue weighted by molar-refractivity contribution is 5.79. The summed E-state index contributed by atoms with van der Waals surface area (Å²) in [5.74, 6) is -0.573. The lowest BCUT2D eigenvalue weighted by Crippen LogP contribution is -2.35. The molecule has 1 aromatic heterocycles. The van der Waals surface area contributed by atoms with E-state index in [0.29, 0.717) is 42.9 Å². The molecule has 0 radical (unpaired) electrons. The van der Waals surface area contributed by atoms with Gasteiger partial charge in [-0.3, -0.25) is 0 Å². The summed E-state index contributed by atoms with van der Waals surface area (Å²) in [6.07, 6.45) is 0.414. The normalized spacial score (nSPS) is 22.9. The number of nitrogens with one attached hydrogen (secondary N) is 1. The fourth-order valence-electron chi connectivity index (χ4n) is 3.57. The summed E-state index contributed by atoms with van der Waals surface area (Å²) in [5.41, 5.74) is 0.859. The van der Waals surface area contributed by atoms with Crippen LogP contribution < -0.4 is 0 Å². The average Bonchev–Trinajstić information content (AvgIpc) is 3.17. The molecular formula is C16H19F2N3O2. The standard InChI is InChI=1S/C16H19F2N3O2/c1-21-2-3-23-11(6-21)16-19-14-12(17)9-4-8(7-22)5-10(9)13(18)15(14)20-16/h8,11,22H,2-7H2,1H3,(H,19,20). The number of aliphatic hydroxyl groups excluding tert-OH is 1. The molecule has 4 rings (SSSR count). The van der Waals surface area contributed by atoms with Crippen LogP contribution in [0.2, 0.25) is 0 Å². The topological polar surface area (TPSA) is 61.4 Å². The first-order chi connectivity index (χ1) is 11.1. The molecule has 2 heterocycles. The van der Waals surface area contributed by atoms with Crippen LogP contribution in [-0.4, -0.2) is 53.3 Å². The Morgan fingerprint density at radius 1 is 1.30 bits per heavy atom. The van der Waals surface area contributed by atoms with Gasteiger partial charge >= 0.3 is 0 Å². The first kappa shape index (κ1) is 15.0. The third-order valence-electron chi connectivity index (χ3n) is 4.86. The lowest BCUT2D eigenvalue weighted by Gasteiger charge is -2.28. The minimum Gasteiger partial charge on any atom is -0.396 e. The monoisotopic (exact) mass is 323 g/mol. The number of aliphatic hydroxyl groups is 1. The molecule has 5 nitrogen and oxygen atoms in total. The summed E-state index contributed by atoms with van der Waals surface area (Å²) < 4.78 is 35.1. The van der Waals surface area contributed by atoms with Crippen molar-refractivity contribution < 1.29 is 18.6 Å². The fraction of sp³-hybridized carbons (Fsp3) is 0.562. The van der Waals surface area contributed by atoms with Crippen molar-refractivity contribution in [2.24, 2.45) is 5.92 Å². The number of benzene rings is 1. The molecule has 0 bridgehead atoms. The van der Waals surface area contributed by atoms with Gasteiger partial charge < -0.3 is 19.7 Å². The van der Waals surface area contributed by atoms with Crippen LogP contribution in [-0.2, 0) is 17.6 Å². The number of likely N-dealkylation sites (N-methyl/N-ethyl adjacent to an activating group) is 1. The van der Waals surface area contributed by atoms with Crippen molar-refractivity contribution in [3.05, 3.63) is 28.6 Å². The minimum atomic E-state index is -0.473. The van der Waals surface area contributed by atoms with E-state index < -0.39 is 11.6 Å². The molecule has 2 atom stereocenters. The highest BCUT2D eigenvalue weighted by atomic mass is 19.1. The number of hydrogen-bond donors (Lipinski definition) is 2. The molecule has 124 valence electrons. The second kappa shape index (κ2) is 5.51. The molecule has 0 saturated carbocycles. The van der Waals surface area contributed by atoms with Crippen molar-refractivity contribution >= 4 is 11.0 Å². The SMILES string of the molecule is CN1CCOC(c2nc3c(F)c4c(c(F)c3[nH]2)CC(CO)C4)C1. The lowest BCUT2D eigenvalue weighted by atomic mass is 10.1. The Morgan fingerprint density at radius 3 is 2.74 bits per heavy atom. The molecule has 23 heavy (non-hydrogen) atoms. The van der Waals surface area contributed by atoms with E-state index in [2.05, 4.69) is 14.9 Å². The number of hydrogen-bond acceptors (Lipinski definition) is 4. The van der Waals surface area contributed by atoms with E-state index in [0.717, 1.165) is 6.54 Å². The summed E-state index contributed by atoms with van der Waals surface area (Å²) in [4.78, 5) is 9.29. The van der Waals surface area contributed by atoms with E-state index in [1.807, 2.05) is 7.05 Å². The van der Waals surface area contributed by atoms with Crippen LogP contribution in [0.1, 0.15) is 23.1 Å². The number of rotatable bonds is 2. The van der Waals surface area contributed by atoms with Crippen molar-refractivity contribution in [1.82, 2.24) is 14.9 Å². The van der Waals surface area contributed by atoms with E-state index in [1.165, 1.54) is 0 Å². The van der Waals surface area contributed by atoms with Crippen LogP contribution in [0.5, 0.6) is 0 Å². The highest BCUT2D eigenvalue weighted by Gasteiger charge is 2.32. The first-order valence-electron chi connectivity index (χ1n) is 7.87. The van der Waals surface area contributed by atoms with Crippen molar-refractivity contribution in [2.75, 3.05) is 33.4 Å². The van der Waals surface area contributed by atoms with E-state index in [4.69, 9.17) is 4.74 Å². The Hall–Kier alpha value is -1.57. The van der Waals surface area contributed by atoms with E-state index in [1.54, 1.807) is 0 Å². The molecule has 2 N–H and O–H groups in total. The molecule has 1 saturated heterocycles. The Labute approximate surface area is 132 Å². The number of aromatic amines is 1. The van der Waals surface area contributed by atoms with Gasteiger partial charge in [-0.05, 0) is 36.9 Å². The summed E-state index contributed by atoms with van der Waals surface area (Å²) in [6, 6.07) is 0. The smallest absolute Gasteiger partial charge is 0.154 e. The van der Waals surface area contributed by atoms with Crippen molar-refractivity contribution in [1.29, 1.82) is 0 Å². The number of morpholine rings is 1. The van der Waals surface area contributed by atoms with Crippen LogP contribution >= 0.6 is 0 Å². The Bertz CT molecular complexity index is 713. The average molecular weight is 323 g/mol. The van der Waals surface area contributed by atoms with Gasteiger partial charge in [0.1, 0.15) is 23.0 Å². The molecule has 1 fully saturated rings. The zero-order valence-electron chi connectivity index (χ0n) is 12.9. The largest absolute Gasteiger partial charge is 0.396 e. The summed E-state index contributed by atoms with van der Waals surface area (Å²) >= 11 is 0. The Balaban J connectivity index is 1.79. The van der Waals surface area contributed by atoms with Gasteiger partial charge in [0.2, 0.25) is 0 Å². The molecular weight excluding hydrogens is 304 g/mol. The van der Waals surface area contributed by atoms with Crippen LogP contribution in [0.4, 0.5) is 8.78 Å². The molecule has 2 aliphatic rings. The second-order valence-electron chi connectivity index (χ2n) is 6.51. The van der Waals surface area contributed by atoms with Gasteiger partial charge in [-0.15, -0.1) is 0 Å². The Kier molecular flexibility index (Phi) is 3.59. The van der Waals surface area contributed by atoms with Crippen molar-refractivity contribution in [3.63, 3.8) is 0 Å². The van der Waals surface area contributed by atoms with Gasteiger partial charge in [-0.1, -0.05) is 0 Å². The predicted molar refractivity (Wildman–Crippen MR) is 80.2 cm³/mol. The van der Waals surface area contributed by atoms with Crippen molar-refractivity contribution in [2.45, 2.75) is 18.9 Å². The molecule has 1 aliphatic carbocycles. The quantitative estimate of drug-likeness (QED) is 0.880. The number of ether oxygens (including phenoxy) is 1. The van der Waals surface area contributed by atoms with Crippen molar-refractivity contribution in [3.8, 4) is 0 Å². The molecule has 7 heteroatoms. The number of nitrogens with zero attached hydrogens (tertiary/aromatic N) is 2. The molecule has 1 aliphatic heterocycles. The molecule has 0 spiro atoms. The zero-order chi connectivity index (χ0) is 16.1. The van der Waals surface area contributed by atoms with Gasteiger partial charge in [0.05, 0.1) is 6.61 Å². The second-order valence-corrected chi connectivity index (χ2v) is 6.51. The van der Waals surface area contributed by atoms with Crippen LogP contribution in [0.15, 0.2) is 0 Å². The molecule has 2 aromatic rings. The third-order valence-corrected chi connectivity index (χ3v) is 4.86. The van der Waals surface area contributed by atoms with Gasteiger partial charge in [-0.25, -0.2) is 13.8 Å². The maximum absolute atomic E-state index is 14.7. The molecule has 0 amide bonds. The molecule has 1 aromatic carbocycles. The van der Waals surface area contributed by atoms with Crippen LogP contribution in [0.3, 0.4) is 0 Å². The predicted octanol–water partition coefficient (Wildman–Crippen LogP) is 1.55. The fourth-order valence-corrected chi connectivity index (χ4v) is 3.57. The third kappa shape index (κ3) is 2.34. The van der Waals surface area contributed by atoms with Gasteiger partial charge in [0, 0.05) is 19.7 Å². The van der Waals surface area contributed by atoms with Gasteiger partial charge in [0.15, 0.2) is 11.6 Å². The van der Waals surface area contributed by atoms with Crippen LogP contribution in [0.25, 0.3) is 11.0 Å². The Morgan fingerprint density at radius 2 is 2.04 bits per heavy atom. The minimum absolute atomic E-state index is 0.0340. The summed E-state index contributed by atoms with van der Waals surface area (Å²) in [5, 5.41) is 9.26. The lowest BCUT2D eigenvalue weighted by molar-refractivity contribution is -0.0249. The van der Waals surface area contributed by atoms with E-state index in [-0.39, 0.29) is 29.7 Å². The number of H-pyrrole nitrogens is 1. The first-order valence-corrected chi connectivity index (χ1v) is 7.87. The number of imidazole rings is 1. The van der Waals surface area contributed by atoms with Crippen LogP contribution in [0, 0.1) is 17.6 Å². The van der Waals surface area contributed by atoms with Gasteiger partial charge in [-0.2, -0.15) is 0 Å². The van der Waals surface area contributed by atoms with Gasteiger partial charge in [0.25, 0.3) is 0 Å². The summed E-state index contributed by atoms with van der Waals surface area (Å²) in [6.45, 7) is 1.96. The number of fused-ring (bicyclic) bond motifs is 2. The maximum Gasteiger partial charge on any atom is 0.154 e. The zero-order valence-corrected chi connectivity index (χ0v) is 12.9.